The summed E-state index contributed by atoms with van der Waals surface area (Å²) in [6.45, 7) is 5.85. The third kappa shape index (κ3) is 2.91. The van der Waals surface area contributed by atoms with Gasteiger partial charge in [0, 0.05) is 17.1 Å². The second kappa shape index (κ2) is 4.67. The molecule has 0 aliphatic carbocycles. The van der Waals surface area contributed by atoms with Gasteiger partial charge in [-0.25, -0.2) is 15.0 Å². The number of aromatic nitrogens is 3. The Kier molecular flexibility index (Phi) is 3.23. The Morgan fingerprint density at radius 1 is 1.29 bits per heavy atom. The second-order valence-electron chi connectivity index (χ2n) is 3.92. The first-order valence-electron chi connectivity index (χ1n) is 5.34. The average molecular weight is 249 g/mol. The number of anilines is 2. The number of rotatable bonds is 3. The molecule has 0 saturated carbocycles. The zero-order chi connectivity index (χ0) is 12.4. The van der Waals surface area contributed by atoms with E-state index in [1.54, 1.807) is 17.4 Å². The zero-order valence-electron chi connectivity index (χ0n) is 10.1. The van der Waals surface area contributed by atoms with Crippen molar-refractivity contribution in [1.82, 2.24) is 15.0 Å². The van der Waals surface area contributed by atoms with Crippen molar-refractivity contribution >= 4 is 23.0 Å². The molecule has 1 atom stereocenters. The molecular weight excluding hydrogens is 234 g/mol. The molecule has 2 heterocycles. The zero-order valence-corrected chi connectivity index (χ0v) is 10.9. The summed E-state index contributed by atoms with van der Waals surface area (Å²) in [4.78, 5) is 12.7. The van der Waals surface area contributed by atoms with Gasteiger partial charge in [0.05, 0.1) is 6.04 Å². The van der Waals surface area contributed by atoms with E-state index in [0.717, 1.165) is 16.5 Å². The van der Waals surface area contributed by atoms with Crippen LogP contribution < -0.4 is 11.1 Å². The molecule has 0 aromatic carbocycles. The van der Waals surface area contributed by atoms with Crippen LogP contribution in [-0.2, 0) is 0 Å². The number of nitrogens with one attached hydrogen (secondary N) is 1. The molecule has 0 radical (unpaired) electrons. The van der Waals surface area contributed by atoms with Crippen LogP contribution in [0.3, 0.4) is 0 Å². The molecule has 2 aromatic heterocycles. The van der Waals surface area contributed by atoms with Crippen LogP contribution >= 0.6 is 11.3 Å². The Hall–Kier alpha value is -1.69. The maximum atomic E-state index is 5.67. The summed E-state index contributed by atoms with van der Waals surface area (Å²) >= 11 is 1.64. The van der Waals surface area contributed by atoms with Gasteiger partial charge in [-0.15, -0.1) is 11.3 Å². The van der Waals surface area contributed by atoms with Crippen LogP contribution in [0.5, 0.6) is 0 Å². The number of hydrogen-bond donors (Lipinski definition) is 2. The fourth-order valence-electron chi connectivity index (χ4n) is 1.52. The summed E-state index contributed by atoms with van der Waals surface area (Å²) in [6.07, 6.45) is 0. The summed E-state index contributed by atoms with van der Waals surface area (Å²) in [5, 5.41) is 6.34. The molecule has 0 fully saturated rings. The number of nitrogens with two attached hydrogens (primary N) is 1. The van der Waals surface area contributed by atoms with Crippen molar-refractivity contribution in [2.24, 2.45) is 0 Å². The highest BCUT2D eigenvalue weighted by Gasteiger charge is 2.10. The summed E-state index contributed by atoms with van der Waals surface area (Å²) < 4.78 is 0. The molecule has 2 aromatic rings. The number of thiazole rings is 1. The SMILES string of the molecule is Cc1csc(C(C)Nc2cc(N)nc(C)n2)n1. The first-order valence-corrected chi connectivity index (χ1v) is 6.22. The van der Waals surface area contributed by atoms with Gasteiger partial charge in [-0.3, -0.25) is 0 Å². The number of nitrogens with zero attached hydrogens (tertiary/aromatic N) is 3. The van der Waals surface area contributed by atoms with E-state index in [9.17, 15) is 0 Å². The first kappa shape index (κ1) is 11.8. The number of aryl methyl sites for hydroxylation is 2. The van der Waals surface area contributed by atoms with E-state index in [-0.39, 0.29) is 6.04 Å². The minimum absolute atomic E-state index is 0.113. The van der Waals surface area contributed by atoms with Crippen LogP contribution in [0, 0.1) is 13.8 Å². The predicted octanol–water partition coefficient (Wildman–Crippen LogP) is 2.31. The van der Waals surface area contributed by atoms with Crippen LogP contribution in [0.2, 0.25) is 0 Å². The molecule has 90 valence electrons. The molecular formula is C11H15N5S. The fourth-order valence-corrected chi connectivity index (χ4v) is 2.32. The van der Waals surface area contributed by atoms with Gasteiger partial charge < -0.3 is 11.1 Å². The van der Waals surface area contributed by atoms with Gasteiger partial charge in [0.25, 0.3) is 0 Å². The van der Waals surface area contributed by atoms with Crippen molar-refractivity contribution in [2.75, 3.05) is 11.1 Å². The van der Waals surface area contributed by atoms with Crippen LogP contribution in [-0.4, -0.2) is 15.0 Å². The predicted molar refractivity (Wildman–Crippen MR) is 70.1 cm³/mol. The topological polar surface area (TPSA) is 76.7 Å². The summed E-state index contributed by atoms with van der Waals surface area (Å²) in [5.41, 5.74) is 6.71. The summed E-state index contributed by atoms with van der Waals surface area (Å²) in [5.74, 6) is 1.87. The minimum Gasteiger partial charge on any atom is -0.384 e. The molecule has 17 heavy (non-hydrogen) atoms. The highest BCUT2D eigenvalue weighted by Crippen LogP contribution is 2.21. The highest BCUT2D eigenvalue weighted by molar-refractivity contribution is 7.09. The van der Waals surface area contributed by atoms with Crippen molar-refractivity contribution in [1.29, 1.82) is 0 Å². The van der Waals surface area contributed by atoms with Gasteiger partial charge in [-0.1, -0.05) is 0 Å². The quantitative estimate of drug-likeness (QED) is 0.872. The Labute approximate surface area is 104 Å². The average Bonchev–Trinajstić information content (AvgIpc) is 2.63. The molecule has 0 bridgehead atoms. The van der Waals surface area contributed by atoms with Gasteiger partial charge >= 0.3 is 0 Å². The Bertz CT molecular complexity index is 502. The molecule has 0 aliphatic heterocycles. The van der Waals surface area contributed by atoms with Crippen LogP contribution in [0.1, 0.15) is 29.5 Å². The lowest BCUT2D eigenvalue weighted by Crippen LogP contribution is -2.09. The van der Waals surface area contributed by atoms with E-state index in [0.29, 0.717) is 11.6 Å². The third-order valence-corrected chi connectivity index (χ3v) is 3.37. The lowest BCUT2D eigenvalue weighted by molar-refractivity contribution is 0.850. The highest BCUT2D eigenvalue weighted by atomic mass is 32.1. The van der Waals surface area contributed by atoms with E-state index in [2.05, 4.69) is 20.3 Å². The first-order chi connectivity index (χ1) is 8.04. The molecule has 0 saturated heterocycles. The molecule has 0 amide bonds. The molecule has 2 rings (SSSR count). The molecule has 0 aliphatic rings. The van der Waals surface area contributed by atoms with Gasteiger partial charge in [-0.2, -0.15) is 0 Å². The van der Waals surface area contributed by atoms with Crippen molar-refractivity contribution in [2.45, 2.75) is 26.8 Å². The molecule has 3 N–H and O–H groups in total. The maximum absolute atomic E-state index is 5.67. The third-order valence-electron chi connectivity index (χ3n) is 2.23. The number of hydrogen-bond acceptors (Lipinski definition) is 6. The second-order valence-corrected chi connectivity index (χ2v) is 4.81. The summed E-state index contributed by atoms with van der Waals surface area (Å²) in [6, 6.07) is 1.84. The number of nitrogen functional groups attached to an aromatic ring is 1. The van der Waals surface area contributed by atoms with Gasteiger partial charge in [0.2, 0.25) is 0 Å². The normalized spacial score (nSPS) is 12.4. The van der Waals surface area contributed by atoms with Crippen LogP contribution in [0.4, 0.5) is 11.6 Å². The van der Waals surface area contributed by atoms with Crippen molar-refractivity contribution in [3.05, 3.63) is 28.0 Å². The van der Waals surface area contributed by atoms with Crippen molar-refractivity contribution in [3.8, 4) is 0 Å². The Balaban J connectivity index is 2.15. The lowest BCUT2D eigenvalue weighted by Gasteiger charge is -2.12. The molecule has 1 unspecified atom stereocenters. The lowest BCUT2D eigenvalue weighted by atomic mass is 10.3. The smallest absolute Gasteiger partial charge is 0.132 e. The maximum Gasteiger partial charge on any atom is 0.132 e. The van der Waals surface area contributed by atoms with Gasteiger partial charge in [-0.05, 0) is 20.8 Å². The van der Waals surface area contributed by atoms with Crippen LogP contribution in [0.25, 0.3) is 0 Å². The Morgan fingerprint density at radius 3 is 2.65 bits per heavy atom. The Morgan fingerprint density at radius 2 is 2.06 bits per heavy atom. The summed E-state index contributed by atoms with van der Waals surface area (Å²) in [7, 11) is 0. The molecule has 6 heteroatoms. The van der Waals surface area contributed by atoms with Crippen molar-refractivity contribution in [3.63, 3.8) is 0 Å². The van der Waals surface area contributed by atoms with E-state index < -0.39 is 0 Å². The largest absolute Gasteiger partial charge is 0.384 e. The van der Waals surface area contributed by atoms with E-state index >= 15 is 0 Å². The van der Waals surface area contributed by atoms with Gasteiger partial charge in [0.1, 0.15) is 22.5 Å². The minimum atomic E-state index is 0.113. The van der Waals surface area contributed by atoms with E-state index in [1.807, 2.05) is 26.2 Å². The monoisotopic (exact) mass is 249 g/mol. The molecule has 5 nitrogen and oxygen atoms in total. The molecule has 0 spiro atoms. The van der Waals surface area contributed by atoms with Crippen molar-refractivity contribution < 1.29 is 0 Å². The van der Waals surface area contributed by atoms with Gasteiger partial charge in [0.15, 0.2) is 0 Å². The van der Waals surface area contributed by atoms with E-state index in [1.165, 1.54) is 0 Å². The van der Waals surface area contributed by atoms with E-state index in [4.69, 9.17) is 5.73 Å². The van der Waals surface area contributed by atoms with Crippen LogP contribution in [0.15, 0.2) is 11.4 Å². The fraction of sp³-hybridized carbons (Fsp3) is 0.364. The standard InChI is InChI=1S/C11H15N5S/c1-6-5-17-11(13-6)7(2)14-10-4-9(12)15-8(3)16-10/h4-5,7H,1-3H3,(H3,12,14,15,16).